The molecular weight excluding hydrogens is 197 g/mol. The minimum absolute atomic E-state index is 0.0388. The van der Waals surface area contributed by atoms with Gasteiger partial charge in [0.1, 0.15) is 5.69 Å². The van der Waals surface area contributed by atoms with Crippen molar-refractivity contribution in [2.75, 3.05) is 6.61 Å². The molecule has 1 aromatic rings. The molecule has 0 atom stereocenters. The average Bonchev–Trinajstić information content (AvgIpc) is 2.20. The van der Waals surface area contributed by atoms with Crippen LogP contribution in [0.3, 0.4) is 0 Å². The second kappa shape index (κ2) is 5.11. The maximum Gasteiger partial charge on any atom is 0.384 e. The lowest BCUT2D eigenvalue weighted by Gasteiger charge is -1.95. The van der Waals surface area contributed by atoms with Crippen LogP contribution < -0.4 is 0 Å². The number of aromatic nitrogens is 1. The Morgan fingerprint density at radius 1 is 1.60 bits per heavy atom. The second-order valence-electron chi connectivity index (χ2n) is 2.75. The standard InChI is InChI=1S/C11H10FNO2/c1-3-15-11(14)7-6-10-9(12)5-4-8(2)13-10/h4-5H,3H2,1-2H3. The third kappa shape index (κ3) is 3.39. The summed E-state index contributed by atoms with van der Waals surface area (Å²) in [5.74, 6) is 3.26. The van der Waals surface area contributed by atoms with Crippen LogP contribution >= 0.6 is 0 Å². The zero-order chi connectivity index (χ0) is 11.3. The number of carbonyl (C=O) groups is 1. The van der Waals surface area contributed by atoms with Gasteiger partial charge in [-0.3, -0.25) is 0 Å². The van der Waals surface area contributed by atoms with Crippen molar-refractivity contribution < 1.29 is 13.9 Å². The van der Waals surface area contributed by atoms with Crippen molar-refractivity contribution in [1.29, 1.82) is 0 Å². The molecule has 0 saturated heterocycles. The molecule has 15 heavy (non-hydrogen) atoms. The molecule has 0 aliphatic carbocycles. The third-order valence-electron chi connectivity index (χ3n) is 1.54. The van der Waals surface area contributed by atoms with E-state index >= 15 is 0 Å². The topological polar surface area (TPSA) is 39.2 Å². The monoisotopic (exact) mass is 207 g/mol. The number of ether oxygens (including phenoxy) is 1. The van der Waals surface area contributed by atoms with E-state index in [2.05, 4.69) is 21.6 Å². The Kier molecular flexibility index (Phi) is 3.81. The lowest BCUT2D eigenvalue weighted by Crippen LogP contribution is -2.00. The van der Waals surface area contributed by atoms with Crippen LogP contribution in [-0.4, -0.2) is 17.6 Å². The average molecular weight is 207 g/mol. The molecule has 4 heteroatoms. The van der Waals surface area contributed by atoms with Gasteiger partial charge in [0, 0.05) is 11.6 Å². The number of aryl methyl sites for hydroxylation is 1. The Balaban J connectivity index is 2.88. The highest BCUT2D eigenvalue weighted by Gasteiger charge is 2.01. The molecular formula is C11H10FNO2. The summed E-state index contributed by atoms with van der Waals surface area (Å²) < 4.78 is 17.7. The molecule has 0 aromatic carbocycles. The molecule has 0 aliphatic heterocycles. The first-order chi connectivity index (χ1) is 7.13. The normalized spacial score (nSPS) is 9.00. The predicted molar refractivity (Wildman–Crippen MR) is 52.4 cm³/mol. The first-order valence-electron chi connectivity index (χ1n) is 4.45. The van der Waals surface area contributed by atoms with Crippen LogP contribution in [-0.2, 0) is 9.53 Å². The number of hydrogen-bond donors (Lipinski definition) is 0. The van der Waals surface area contributed by atoms with E-state index in [1.54, 1.807) is 13.8 Å². The summed E-state index contributed by atoms with van der Waals surface area (Å²) in [5.41, 5.74) is 0.604. The number of rotatable bonds is 1. The van der Waals surface area contributed by atoms with Crippen molar-refractivity contribution >= 4 is 5.97 Å². The van der Waals surface area contributed by atoms with Gasteiger partial charge in [-0.15, -0.1) is 0 Å². The zero-order valence-corrected chi connectivity index (χ0v) is 8.50. The summed E-state index contributed by atoms with van der Waals surface area (Å²) in [6, 6.07) is 2.79. The Bertz CT molecular complexity index is 432. The van der Waals surface area contributed by atoms with Crippen LogP contribution in [0.1, 0.15) is 18.3 Å². The lowest BCUT2D eigenvalue weighted by atomic mass is 10.3. The van der Waals surface area contributed by atoms with E-state index in [1.165, 1.54) is 12.1 Å². The Morgan fingerprint density at radius 3 is 3.00 bits per heavy atom. The van der Waals surface area contributed by atoms with Gasteiger partial charge in [0.25, 0.3) is 0 Å². The van der Waals surface area contributed by atoms with Crippen molar-refractivity contribution in [2.24, 2.45) is 0 Å². The van der Waals surface area contributed by atoms with Gasteiger partial charge >= 0.3 is 5.97 Å². The molecule has 0 N–H and O–H groups in total. The SMILES string of the molecule is CCOC(=O)C#Cc1nc(C)ccc1F. The van der Waals surface area contributed by atoms with Crippen LogP contribution in [0.15, 0.2) is 12.1 Å². The fourth-order valence-electron chi connectivity index (χ4n) is 0.905. The molecule has 0 saturated carbocycles. The van der Waals surface area contributed by atoms with Gasteiger partial charge in [0.2, 0.25) is 0 Å². The molecule has 0 spiro atoms. The molecule has 0 aliphatic rings. The Morgan fingerprint density at radius 2 is 2.33 bits per heavy atom. The van der Waals surface area contributed by atoms with Crippen molar-refractivity contribution in [3.63, 3.8) is 0 Å². The van der Waals surface area contributed by atoms with Gasteiger partial charge in [0.15, 0.2) is 5.82 Å². The molecule has 0 fully saturated rings. The van der Waals surface area contributed by atoms with Gasteiger partial charge in [-0.05, 0) is 31.9 Å². The fourth-order valence-corrected chi connectivity index (χ4v) is 0.905. The molecule has 0 amide bonds. The first kappa shape index (κ1) is 11.2. The minimum Gasteiger partial charge on any atom is -0.456 e. The maximum absolute atomic E-state index is 13.1. The van der Waals surface area contributed by atoms with Crippen LogP contribution in [0, 0.1) is 24.6 Å². The zero-order valence-electron chi connectivity index (χ0n) is 8.50. The number of nitrogens with zero attached hydrogens (tertiary/aromatic N) is 1. The summed E-state index contributed by atoms with van der Waals surface area (Å²) in [4.78, 5) is 14.7. The maximum atomic E-state index is 13.1. The lowest BCUT2D eigenvalue weighted by molar-refractivity contribution is -0.136. The van der Waals surface area contributed by atoms with Crippen LogP contribution in [0.5, 0.6) is 0 Å². The molecule has 0 unspecified atom stereocenters. The van der Waals surface area contributed by atoms with Gasteiger partial charge in [-0.2, -0.15) is 0 Å². The molecule has 0 bridgehead atoms. The van der Waals surface area contributed by atoms with Crippen molar-refractivity contribution in [3.05, 3.63) is 29.3 Å². The number of esters is 1. The Hall–Kier alpha value is -1.89. The molecule has 1 aromatic heterocycles. The van der Waals surface area contributed by atoms with Crippen LogP contribution in [0.2, 0.25) is 0 Å². The fraction of sp³-hybridized carbons (Fsp3) is 0.273. The summed E-state index contributed by atoms with van der Waals surface area (Å²) in [6.45, 7) is 3.64. The largest absolute Gasteiger partial charge is 0.456 e. The number of hydrogen-bond acceptors (Lipinski definition) is 3. The van der Waals surface area contributed by atoms with E-state index in [1.807, 2.05) is 0 Å². The van der Waals surface area contributed by atoms with E-state index in [-0.39, 0.29) is 12.3 Å². The van der Waals surface area contributed by atoms with Crippen molar-refractivity contribution in [3.8, 4) is 11.8 Å². The van der Waals surface area contributed by atoms with Crippen molar-refractivity contribution in [1.82, 2.24) is 4.98 Å². The minimum atomic E-state index is -0.680. The van der Waals surface area contributed by atoms with E-state index in [9.17, 15) is 9.18 Å². The highest BCUT2D eigenvalue weighted by molar-refractivity contribution is 5.89. The highest BCUT2D eigenvalue weighted by atomic mass is 19.1. The van der Waals surface area contributed by atoms with E-state index in [4.69, 9.17) is 0 Å². The molecule has 0 radical (unpaired) electrons. The highest BCUT2D eigenvalue weighted by Crippen LogP contribution is 2.03. The number of halogens is 1. The molecule has 1 rings (SSSR count). The molecule has 78 valence electrons. The predicted octanol–water partition coefficient (Wildman–Crippen LogP) is 1.44. The van der Waals surface area contributed by atoms with E-state index in [0.29, 0.717) is 5.69 Å². The van der Waals surface area contributed by atoms with Gasteiger partial charge in [-0.25, -0.2) is 14.2 Å². The smallest absolute Gasteiger partial charge is 0.384 e. The van der Waals surface area contributed by atoms with E-state index < -0.39 is 11.8 Å². The van der Waals surface area contributed by atoms with Crippen LogP contribution in [0.4, 0.5) is 4.39 Å². The summed E-state index contributed by atoms with van der Waals surface area (Å²) in [6.07, 6.45) is 0. The van der Waals surface area contributed by atoms with Gasteiger partial charge < -0.3 is 4.74 Å². The van der Waals surface area contributed by atoms with Gasteiger partial charge in [0.05, 0.1) is 6.61 Å². The number of carbonyl (C=O) groups excluding carboxylic acids is 1. The summed E-state index contributed by atoms with van der Waals surface area (Å²) in [7, 11) is 0. The first-order valence-corrected chi connectivity index (χ1v) is 4.45. The Labute approximate surface area is 87.3 Å². The third-order valence-corrected chi connectivity index (χ3v) is 1.54. The van der Waals surface area contributed by atoms with Crippen molar-refractivity contribution in [2.45, 2.75) is 13.8 Å². The summed E-state index contributed by atoms with van der Waals surface area (Å²) >= 11 is 0. The quantitative estimate of drug-likeness (QED) is 0.516. The molecule has 3 nitrogen and oxygen atoms in total. The number of pyridine rings is 1. The second-order valence-corrected chi connectivity index (χ2v) is 2.75. The molecule has 1 heterocycles. The van der Waals surface area contributed by atoms with Crippen LogP contribution in [0.25, 0.3) is 0 Å². The summed E-state index contributed by atoms with van der Waals surface area (Å²) in [5, 5.41) is 0. The van der Waals surface area contributed by atoms with E-state index in [0.717, 1.165) is 0 Å². The van der Waals surface area contributed by atoms with Gasteiger partial charge in [-0.1, -0.05) is 0 Å².